The second-order valence-corrected chi connectivity index (χ2v) is 7.43. The van der Waals surface area contributed by atoms with Gasteiger partial charge in [0.1, 0.15) is 12.4 Å². The van der Waals surface area contributed by atoms with Crippen molar-refractivity contribution in [3.63, 3.8) is 0 Å². The van der Waals surface area contributed by atoms with Crippen LogP contribution in [0, 0.1) is 0 Å². The van der Waals surface area contributed by atoms with Crippen LogP contribution in [0.15, 0.2) is 53.4 Å². The van der Waals surface area contributed by atoms with Crippen LogP contribution in [0.25, 0.3) is 0 Å². The summed E-state index contributed by atoms with van der Waals surface area (Å²) in [5.41, 5.74) is 0.684. The Morgan fingerprint density at radius 2 is 1.73 bits per heavy atom. The Morgan fingerprint density at radius 1 is 1.08 bits per heavy atom. The van der Waals surface area contributed by atoms with Crippen molar-refractivity contribution in [3.05, 3.63) is 54.1 Å². The molecule has 1 amide bonds. The van der Waals surface area contributed by atoms with Gasteiger partial charge in [0.05, 0.1) is 10.5 Å². The van der Waals surface area contributed by atoms with Crippen molar-refractivity contribution < 1.29 is 17.9 Å². The molecule has 0 bridgehead atoms. The molecule has 0 aromatic heterocycles. The third-order valence-electron chi connectivity index (χ3n) is 3.44. The molecule has 2 aromatic carbocycles. The van der Waals surface area contributed by atoms with Gasteiger partial charge >= 0.3 is 0 Å². The van der Waals surface area contributed by atoms with E-state index in [0.29, 0.717) is 18.0 Å². The molecular weight excluding hydrogens is 376 g/mol. The second-order valence-electron chi connectivity index (χ2n) is 5.45. The van der Waals surface area contributed by atoms with Gasteiger partial charge < -0.3 is 15.4 Å². The first-order valence-electron chi connectivity index (χ1n) is 7.96. The van der Waals surface area contributed by atoms with Gasteiger partial charge in [-0.3, -0.25) is 4.79 Å². The monoisotopic (exact) mass is 398 g/mol. The highest BCUT2D eigenvalue weighted by molar-refractivity contribution is 7.90. The molecule has 26 heavy (non-hydrogen) atoms. The summed E-state index contributed by atoms with van der Waals surface area (Å²) in [6.07, 6.45) is 1.08. The molecule has 2 rings (SSSR count). The van der Waals surface area contributed by atoms with E-state index in [4.69, 9.17) is 4.74 Å². The summed E-state index contributed by atoms with van der Waals surface area (Å²) in [7, 11) is -3.48. The Morgan fingerprint density at radius 3 is 2.35 bits per heavy atom. The molecule has 0 saturated heterocycles. The molecule has 0 saturated carbocycles. The average molecular weight is 399 g/mol. The number of sulfone groups is 1. The van der Waals surface area contributed by atoms with Crippen molar-refractivity contribution in [2.45, 2.75) is 11.8 Å². The minimum atomic E-state index is -3.48. The summed E-state index contributed by atoms with van der Waals surface area (Å²) in [6.45, 7) is 4.24. The lowest BCUT2D eigenvalue weighted by Crippen LogP contribution is -2.20. The summed E-state index contributed by atoms with van der Waals surface area (Å²) < 4.78 is 29.2. The number of nitrogens with one attached hydrogen (secondary N) is 2. The third-order valence-corrected chi connectivity index (χ3v) is 4.60. The number of benzene rings is 2. The molecule has 0 fully saturated rings. The van der Waals surface area contributed by atoms with Crippen LogP contribution in [0.5, 0.6) is 5.75 Å². The van der Waals surface area contributed by atoms with E-state index in [2.05, 4.69) is 10.6 Å². The van der Waals surface area contributed by atoms with E-state index in [9.17, 15) is 13.2 Å². The topological polar surface area (TPSA) is 84.5 Å². The molecule has 8 heteroatoms. The molecule has 0 spiro atoms. The van der Waals surface area contributed by atoms with E-state index in [0.717, 1.165) is 19.3 Å². The molecule has 6 nitrogen and oxygen atoms in total. The van der Waals surface area contributed by atoms with Gasteiger partial charge in [-0.2, -0.15) is 0 Å². The third kappa shape index (κ3) is 6.33. The van der Waals surface area contributed by atoms with Crippen molar-refractivity contribution in [2.75, 3.05) is 31.3 Å². The number of carbonyl (C=O) groups excluding carboxylic acids is 1. The fourth-order valence-electron chi connectivity index (χ4n) is 2.23. The van der Waals surface area contributed by atoms with Gasteiger partial charge in [0.2, 0.25) is 0 Å². The van der Waals surface area contributed by atoms with Gasteiger partial charge in [0, 0.05) is 18.5 Å². The summed E-state index contributed by atoms with van der Waals surface area (Å²) in [5, 5.41) is 5.86. The predicted octanol–water partition coefficient (Wildman–Crippen LogP) is 2.75. The van der Waals surface area contributed by atoms with Crippen molar-refractivity contribution in [3.8, 4) is 5.75 Å². The van der Waals surface area contributed by atoms with E-state index in [1.54, 1.807) is 36.4 Å². The lowest BCUT2D eigenvalue weighted by molar-refractivity contribution is 0.102. The van der Waals surface area contributed by atoms with Crippen LogP contribution in [0.4, 0.5) is 5.69 Å². The first-order chi connectivity index (χ1) is 11.9. The first kappa shape index (κ1) is 22.0. The molecule has 2 aromatic rings. The highest BCUT2D eigenvalue weighted by Crippen LogP contribution is 2.19. The van der Waals surface area contributed by atoms with Gasteiger partial charge in [0.25, 0.3) is 5.91 Å². The van der Waals surface area contributed by atoms with Crippen LogP contribution in [0.1, 0.15) is 17.3 Å². The maximum Gasteiger partial charge on any atom is 0.256 e. The zero-order valence-corrected chi connectivity index (χ0v) is 16.3. The van der Waals surface area contributed by atoms with E-state index >= 15 is 0 Å². The largest absolute Gasteiger partial charge is 0.492 e. The number of ether oxygens (including phenoxy) is 1. The van der Waals surface area contributed by atoms with E-state index in [1.165, 1.54) is 12.1 Å². The zero-order valence-electron chi connectivity index (χ0n) is 14.7. The Labute approximate surface area is 160 Å². The molecule has 0 aliphatic heterocycles. The lowest BCUT2D eigenvalue weighted by Gasteiger charge is -2.10. The highest BCUT2D eigenvalue weighted by atomic mass is 35.5. The van der Waals surface area contributed by atoms with Crippen LogP contribution in [-0.4, -0.2) is 40.3 Å². The fourth-order valence-corrected chi connectivity index (χ4v) is 3.11. The molecule has 0 unspecified atom stereocenters. The summed E-state index contributed by atoms with van der Waals surface area (Å²) in [5.74, 6) is 0.231. The SMILES string of the molecule is CCNCCOc1ccc(NC(=O)c2ccccc2S(C)(=O)=O)cc1.Cl. The normalized spacial score (nSPS) is 10.7. The lowest BCUT2D eigenvalue weighted by atomic mass is 10.2. The minimum absolute atomic E-state index is 0. The summed E-state index contributed by atoms with van der Waals surface area (Å²) in [6, 6.07) is 13.1. The van der Waals surface area contributed by atoms with E-state index in [-0.39, 0.29) is 22.9 Å². The van der Waals surface area contributed by atoms with Crippen LogP contribution >= 0.6 is 12.4 Å². The Kier molecular flexibility index (Phi) is 8.57. The molecular formula is C18H23ClN2O4S. The van der Waals surface area contributed by atoms with Gasteiger partial charge in [-0.05, 0) is 42.9 Å². The number of amides is 1. The summed E-state index contributed by atoms with van der Waals surface area (Å²) >= 11 is 0. The number of halogens is 1. The number of rotatable bonds is 8. The number of carbonyl (C=O) groups is 1. The molecule has 142 valence electrons. The minimum Gasteiger partial charge on any atom is -0.492 e. The Balaban J connectivity index is 0.00000338. The molecule has 0 aliphatic carbocycles. The maximum absolute atomic E-state index is 12.4. The van der Waals surface area contributed by atoms with Crippen LogP contribution < -0.4 is 15.4 Å². The van der Waals surface area contributed by atoms with E-state index < -0.39 is 15.7 Å². The molecule has 0 atom stereocenters. The van der Waals surface area contributed by atoms with Gasteiger partial charge in [-0.15, -0.1) is 12.4 Å². The number of hydrogen-bond donors (Lipinski definition) is 2. The Bertz CT molecular complexity index is 823. The summed E-state index contributed by atoms with van der Waals surface area (Å²) in [4.78, 5) is 12.4. The first-order valence-corrected chi connectivity index (χ1v) is 9.85. The molecule has 0 radical (unpaired) electrons. The molecule has 0 heterocycles. The number of hydrogen-bond acceptors (Lipinski definition) is 5. The Hall–Kier alpha value is -2.09. The van der Waals surface area contributed by atoms with Gasteiger partial charge in [0.15, 0.2) is 9.84 Å². The standard InChI is InChI=1S/C18H22N2O4S.ClH/c1-3-19-12-13-24-15-10-8-14(9-11-15)20-18(21)16-6-4-5-7-17(16)25(2,22)23;/h4-11,19H,3,12-13H2,1-2H3,(H,20,21);1H. The quantitative estimate of drug-likeness (QED) is 0.668. The van der Waals surface area contributed by atoms with Crippen molar-refractivity contribution >= 4 is 33.8 Å². The second kappa shape index (κ2) is 10.2. The van der Waals surface area contributed by atoms with Crippen molar-refractivity contribution in [1.29, 1.82) is 0 Å². The predicted molar refractivity (Wildman–Crippen MR) is 105 cm³/mol. The smallest absolute Gasteiger partial charge is 0.256 e. The van der Waals surface area contributed by atoms with E-state index in [1.807, 2.05) is 6.92 Å². The van der Waals surface area contributed by atoms with Crippen LogP contribution in [0.2, 0.25) is 0 Å². The number of anilines is 1. The average Bonchev–Trinajstić information content (AvgIpc) is 2.59. The van der Waals surface area contributed by atoms with Gasteiger partial charge in [-0.1, -0.05) is 19.1 Å². The van der Waals surface area contributed by atoms with Crippen molar-refractivity contribution in [1.82, 2.24) is 5.32 Å². The zero-order chi connectivity index (χ0) is 18.3. The van der Waals surface area contributed by atoms with Crippen molar-refractivity contribution in [2.24, 2.45) is 0 Å². The molecule has 0 aliphatic rings. The van der Waals surface area contributed by atoms with Crippen LogP contribution in [-0.2, 0) is 9.84 Å². The fraction of sp³-hybridized carbons (Fsp3) is 0.278. The van der Waals surface area contributed by atoms with Gasteiger partial charge in [-0.25, -0.2) is 8.42 Å². The van der Waals surface area contributed by atoms with Crippen LogP contribution in [0.3, 0.4) is 0 Å². The molecule has 2 N–H and O–H groups in total. The highest BCUT2D eigenvalue weighted by Gasteiger charge is 2.18. The maximum atomic E-state index is 12.4. The number of likely N-dealkylation sites (N-methyl/N-ethyl adjacent to an activating group) is 1.